The van der Waals surface area contributed by atoms with Gasteiger partial charge in [-0.25, -0.2) is 19.2 Å². The molecular weight excluding hydrogens is 1060 g/mol. The SMILES string of the molecule is O=C(O)[C@H](Cc1c[nH]c2ccccc12)Nc1nc(NCCOCCOCCNc2nc(N[C@@H](Cc3c[nH]c4ccccc34)C(=O)O)nc(N[C@H](Cc3c[nH]c4ccccc34)C(=O)O)n2)nc(N[C@@H](Cc2c[nH]c3ccccc23)C(=O)O)n1. The second kappa shape index (κ2) is 25.6. The average molecular weight is 1120 g/mol. The number of carboxylic acid groups (broad SMARTS) is 4. The maximum Gasteiger partial charge on any atom is 0.326 e. The number of carboxylic acids is 4. The van der Waals surface area contributed by atoms with Crippen LogP contribution in [0.4, 0.5) is 35.7 Å². The Bertz CT molecular complexity index is 3380. The molecule has 26 nitrogen and oxygen atoms in total. The molecule has 0 unspecified atom stereocenters. The lowest BCUT2D eigenvalue weighted by molar-refractivity contribution is -0.138. The van der Waals surface area contributed by atoms with Gasteiger partial charge in [0.2, 0.25) is 35.7 Å². The van der Waals surface area contributed by atoms with Crippen LogP contribution in [-0.4, -0.2) is 158 Å². The number of aliphatic carboxylic acids is 4. The van der Waals surface area contributed by atoms with Gasteiger partial charge in [0.25, 0.3) is 0 Å². The van der Waals surface area contributed by atoms with Gasteiger partial charge in [-0.05, 0) is 46.5 Å². The van der Waals surface area contributed by atoms with E-state index in [9.17, 15) is 39.6 Å². The molecule has 4 aromatic carbocycles. The third-order valence-corrected chi connectivity index (χ3v) is 13.5. The van der Waals surface area contributed by atoms with Gasteiger partial charge in [-0.2, -0.15) is 29.9 Å². The van der Waals surface area contributed by atoms with E-state index in [0.29, 0.717) is 0 Å². The zero-order chi connectivity index (χ0) is 57.0. The van der Waals surface area contributed by atoms with E-state index in [1.165, 1.54) is 0 Å². The highest BCUT2D eigenvalue weighted by molar-refractivity contribution is 5.88. The number of H-pyrrole nitrogens is 4. The fourth-order valence-electron chi connectivity index (χ4n) is 9.47. The van der Waals surface area contributed by atoms with E-state index < -0.39 is 48.0 Å². The van der Waals surface area contributed by atoms with Crippen molar-refractivity contribution >= 4 is 103 Å². The number of ether oxygens (including phenoxy) is 2. The monoisotopic (exact) mass is 1110 g/mol. The van der Waals surface area contributed by atoms with Crippen molar-refractivity contribution in [2.24, 2.45) is 0 Å². The standard InChI is InChI=1S/C56H58N16O10/c73-47(74)43(23-31-27-59-39-13-5-1-9-35(31)39)63-53-67-51(68-54(71-53)64-44(48(75)76)24-32-28-60-40-14-6-2-10-36(32)40)57-17-19-81-21-22-82-20-18-58-52-69-55(65-45(49(77)78)25-33-29-61-41-15-7-3-11-37(33)41)72-56(70-52)66-46(50(79)80)26-34-30-62-42-16-8-4-12-38(34)42/h1-16,27-30,43-46,59-62H,17-26H2,(H,73,74)(H,75,76)(H,77,78)(H,79,80)(H3,57,63,64,67,68,71)(H3,58,65,66,69,70,72)/t43-,44-,45-,46+/m0/s1. The molecule has 6 heterocycles. The van der Waals surface area contributed by atoms with E-state index in [2.05, 4.69) is 81.7 Å². The molecule has 0 aliphatic rings. The lowest BCUT2D eigenvalue weighted by atomic mass is 10.1. The topological polar surface area (TPSA) is 380 Å². The van der Waals surface area contributed by atoms with Crippen LogP contribution in [0.2, 0.25) is 0 Å². The number of aromatic nitrogens is 10. The largest absolute Gasteiger partial charge is 0.480 e. The third-order valence-electron chi connectivity index (χ3n) is 13.5. The maximum absolute atomic E-state index is 12.6. The molecule has 0 saturated heterocycles. The lowest BCUT2D eigenvalue weighted by Gasteiger charge is -2.18. The molecule has 0 saturated carbocycles. The molecule has 0 spiro atoms. The number of aromatic amines is 4. The van der Waals surface area contributed by atoms with Gasteiger partial charge in [0.1, 0.15) is 24.2 Å². The Hall–Kier alpha value is -10.3. The quantitative estimate of drug-likeness (QED) is 0.0222. The molecule has 0 fully saturated rings. The van der Waals surface area contributed by atoms with Crippen molar-refractivity contribution in [1.29, 1.82) is 0 Å². The Morgan fingerprint density at radius 3 is 0.866 bits per heavy atom. The normalized spacial score (nSPS) is 12.9. The fourth-order valence-corrected chi connectivity index (χ4v) is 9.47. The lowest BCUT2D eigenvalue weighted by Crippen LogP contribution is -2.34. The van der Waals surface area contributed by atoms with E-state index in [1.807, 2.05) is 97.1 Å². The number of hydrogen-bond acceptors (Lipinski definition) is 18. The van der Waals surface area contributed by atoms with Crippen molar-refractivity contribution in [2.75, 3.05) is 71.4 Å². The second-order valence-electron chi connectivity index (χ2n) is 19.1. The summed E-state index contributed by atoms with van der Waals surface area (Å²) in [7, 11) is 0. The highest BCUT2D eigenvalue weighted by atomic mass is 16.5. The number of anilines is 6. The third kappa shape index (κ3) is 13.7. The summed E-state index contributed by atoms with van der Waals surface area (Å²) in [6, 6.07) is 25.4. The predicted molar refractivity (Wildman–Crippen MR) is 306 cm³/mol. The summed E-state index contributed by atoms with van der Waals surface area (Å²) in [5, 5.41) is 62.5. The first-order valence-electron chi connectivity index (χ1n) is 26.2. The summed E-state index contributed by atoms with van der Waals surface area (Å²) in [4.78, 5) is 89.8. The van der Waals surface area contributed by atoms with Gasteiger partial charge in [0.15, 0.2) is 0 Å². The number of benzene rings is 4. The van der Waals surface area contributed by atoms with Gasteiger partial charge in [-0.1, -0.05) is 72.8 Å². The summed E-state index contributed by atoms with van der Waals surface area (Å²) >= 11 is 0. The minimum Gasteiger partial charge on any atom is -0.480 e. The molecule has 0 amide bonds. The van der Waals surface area contributed by atoms with Crippen LogP contribution in [0.15, 0.2) is 122 Å². The molecule has 4 atom stereocenters. The van der Waals surface area contributed by atoms with Crippen LogP contribution in [-0.2, 0) is 54.3 Å². The van der Waals surface area contributed by atoms with E-state index in [4.69, 9.17) is 9.47 Å². The van der Waals surface area contributed by atoms with Gasteiger partial charge in [0, 0.05) is 107 Å². The smallest absolute Gasteiger partial charge is 0.326 e. The highest BCUT2D eigenvalue weighted by Crippen LogP contribution is 2.25. The van der Waals surface area contributed by atoms with Crippen LogP contribution in [0.1, 0.15) is 22.3 Å². The molecule has 14 N–H and O–H groups in total. The Morgan fingerprint density at radius 1 is 0.366 bits per heavy atom. The minimum absolute atomic E-state index is 0.0222. The molecule has 6 aromatic heterocycles. The molecule has 422 valence electrons. The Balaban J connectivity index is 0.755. The Kier molecular flexibility index (Phi) is 17.2. The van der Waals surface area contributed by atoms with Crippen LogP contribution in [0.5, 0.6) is 0 Å². The van der Waals surface area contributed by atoms with Gasteiger partial charge in [-0.3, -0.25) is 0 Å². The van der Waals surface area contributed by atoms with Gasteiger partial charge in [0.05, 0.1) is 26.4 Å². The molecule has 0 bridgehead atoms. The van der Waals surface area contributed by atoms with Crippen LogP contribution >= 0.6 is 0 Å². The zero-order valence-electron chi connectivity index (χ0n) is 43.8. The van der Waals surface area contributed by atoms with E-state index in [0.717, 1.165) is 65.9 Å². The first kappa shape index (κ1) is 55.0. The van der Waals surface area contributed by atoms with Crippen LogP contribution in [0.25, 0.3) is 43.6 Å². The second-order valence-corrected chi connectivity index (χ2v) is 19.1. The number of nitrogens with zero attached hydrogens (tertiary/aromatic N) is 6. The number of fused-ring (bicyclic) bond motifs is 4. The maximum atomic E-state index is 12.6. The van der Waals surface area contributed by atoms with Crippen molar-refractivity contribution < 1.29 is 49.1 Å². The van der Waals surface area contributed by atoms with Crippen molar-refractivity contribution in [3.63, 3.8) is 0 Å². The Labute approximate surface area is 466 Å². The number of hydrogen-bond donors (Lipinski definition) is 14. The van der Waals surface area contributed by atoms with Crippen molar-refractivity contribution in [3.8, 4) is 0 Å². The summed E-state index contributed by atoms with van der Waals surface area (Å²) in [6.07, 6.45) is 7.29. The van der Waals surface area contributed by atoms with E-state index in [1.54, 1.807) is 24.8 Å². The van der Waals surface area contributed by atoms with Gasteiger partial charge in [-0.15, -0.1) is 0 Å². The summed E-state index contributed by atoms with van der Waals surface area (Å²) in [5.41, 5.74) is 6.43. The molecule has 82 heavy (non-hydrogen) atoms. The predicted octanol–water partition coefficient (Wildman–Crippen LogP) is 5.97. The molecule has 0 aliphatic heterocycles. The zero-order valence-corrected chi connectivity index (χ0v) is 43.8. The van der Waals surface area contributed by atoms with Gasteiger partial charge < -0.3 is 81.7 Å². The minimum atomic E-state index is -1.18. The van der Waals surface area contributed by atoms with E-state index in [-0.39, 0.29) is 101 Å². The van der Waals surface area contributed by atoms with Crippen molar-refractivity contribution in [3.05, 3.63) is 144 Å². The van der Waals surface area contributed by atoms with E-state index >= 15 is 0 Å². The molecule has 10 aromatic rings. The van der Waals surface area contributed by atoms with Crippen LogP contribution in [0.3, 0.4) is 0 Å². The highest BCUT2D eigenvalue weighted by Gasteiger charge is 2.27. The number of rotatable bonds is 31. The summed E-state index contributed by atoms with van der Waals surface area (Å²) < 4.78 is 11.6. The number of carbonyl (C=O) groups is 4. The average Bonchev–Trinajstić information content (AvgIpc) is 4.45. The van der Waals surface area contributed by atoms with Crippen LogP contribution in [0, 0.1) is 0 Å². The summed E-state index contributed by atoms with van der Waals surface area (Å²) in [6.45, 7) is 1.02. The van der Waals surface area contributed by atoms with Gasteiger partial charge >= 0.3 is 23.9 Å². The van der Waals surface area contributed by atoms with Crippen molar-refractivity contribution in [2.45, 2.75) is 49.9 Å². The van der Waals surface area contributed by atoms with Crippen molar-refractivity contribution in [1.82, 2.24) is 49.8 Å². The molecular formula is C56H58N16O10. The fraction of sp³-hybridized carbons (Fsp3) is 0.250. The molecule has 0 radical (unpaired) electrons. The first-order valence-corrected chi connectivity index (χ1v) is 26.2. The molecule has 0 aliphatic carbocycles. The Morgan fingerprint density at radius 2 is 0.610 bits per heavy atom. The van der Waals surface area contributed by atoms with Crippen LogP contribution < -0.4 is 31.9 Å². The molecule has 10 rings (SSSR count). The summed E-state index contributed by atoms with van der Waals surface area (Å²) in [5.74, 6) is -5.04. The first-order chi connectivity index (χ1) is 39.9. The number of nitrogens with one attached hydrogen (secondary N) is 10. The molecule has 26 heteroatoms. The number of para-hydroxylation sites is 4.